The highest BCUT2D eigenvalue weighted by Crippen LogP contribution is 2.36. The maximum absolute atomic E-state index is 13.6. The number of hydrogen-bond donors (Lipinski definition) is 1. The molecule has 28 heavy (non-hydrogen) atoms. The molecule has 4 rings (SSSR count). The molecular formula is C21H26N2O4S. The van der Waals surface area contributed by atoms with Gasteiger partial charge in [-0.2, -0.15) is 0 Å². The second-order valence-corrected chi connectivity index (χ2v) is 8.74. The maximum Gasteiger partial charge on any atom is 0.289 e. The smallest absolute Gasteiger partial charge is 0.289 e. The molecular weight excluding hydrogens is 376 g/mol. The van der Waals surface area contributed by atoms with E-state index >= 15 is 0 Å². The van der Waals surface area contributed by atoms with Gasteiger partial charge in [0, 0.05) is 19.3 Å². The number of hydrogen-bond acceptors (Lipinski definition) is 5. The average Bonchev–Trinajstić information content (AvgIpc) is 3.07. The molecule has 1 N–H and O–H groups in total. The SMILES string of the molecule is O=C1CSC(=O)N1[C@H]1CCCC[C@H]1NC(=O)C1(c2ccccc2)CCOCC1. The van der Waals surface area contributed by atoms with Crippen molar-refractivity contribution in [2.45, 2.75) is 56.0 Å². The van der Waals surface area contributed by atoms with E-state index < -0.39 is 5.41 Å². The van der Waals surface area contributed by atoms with Crippen LogP contribution in [0.25, 0.3) is 0 Å². The zero-order valence-electron chi connectivity index (χ0n) is 15.9. The van der Waals surface area contributed by atoms with Crippen molar-refractivity contribution in [1.82, 2.24) is 10.2 Å². The molecule has 1 saturated carbocycles. The van der Waals surface area contributed by atoms with Crippen LogP contribution in [0.1, 0.15) is 44.1 Å². The van der Waals surface area contributed by atoms with Gasteiger partial charge in [-0.25, -0.2) is 0 Å². The van der Waals surface area contributed by atoms with Crippen LogP contribution in [0, 0.1) is 0 Å². The summed E-state index contributed by atoms with van der Waals surface area (Å²) in [5.41, 5.74) is 0.391. The summed E-state index contributed by atoms with van der Waals surface area (Å²) in [5.74, 6) is 0.0667. The number of amides is 3. The fourth-order valence-corrected chi connectivity index (χ4v) is 5.47. The highest BCUT2D eigenvalue weighted by Gasteiger charge is 2.45. The number of thioether (sulfide) groups is 1. The Kier molecular flexibility index (Phi) is 5.73. The van der Waals surface area contributed by atoms with Crippen LogP contribution in [0.5, 0.6) is 0 Å². The normalized spacial score (nSPS) is 27.6. The van der Waals surface area contributed by atoms with Gasteiger partial charge < -0.3 is 10.1 Å². The average molecular weight is 403 g/mol. The third-order valence-electron chi connectivity index (χ3n) is 6.27. The monoisotopic (exact) mass is 402 g/mol. The topological polar surface area (TPSA) is 75.7 Å². The molecule has 3 fully saturated rings. The Morgan fingerprint density at radius 3 is 2.50 bits per heavy atom. The largest absolute Gasteiger partial charge is 0.381 e. The van der Waals surface area contributed by atoms with Gasteiger partial charge in [0.1, 0.15) is 0 Å². The van der Waals surface area contributed by atoms with Crippen LogP contribution >= 0.6 is 11.8 Å². The quantitative estimate of drug-likeness (QED) is 0.838. The van der Waals surface area contributed by atoms with E-state index in [4.69, 9.17) is 4.74 Å². The molecule has 1 aromatic carbocycles. The summed E-state index contributed by atoms with van der Waals surface area (Å²) in [6, 6.07) is 9.47. The molecule has 1 aromatic rings. The molecule has 0 radical (unpaired) electrons. The number of carbonyl (C=O) groups is 3. The fourth-order valence-electron chi connectivity index (χ4n) is 4.70. The van der Waals surface area contributed by atoms with E-state index in [0.29, 0.717) is 26.1 Å². The number of benzene rings is 1. The summed E-state index contributed by atoms with van der Waals surface area (Å²) >= 11 is 1.06. The van der Waals surface area contributed by atoms with Gasteiger partial charge >= 0.3 is 0 Å². The lowest BCUT2D eigenvalue weighted by atomic mass is 9.73. The molecule has 2 atom stereocenters. The van der Waals surface area contributed by atoms with Gasteiger partial charge in [-0.1, -0.05) is 54.9 Å². The highest BCUT2D eigenvalue weighted by molar-refractivity contribution is 8.14. The second-order valence-electron chi connectivity index (χ2n) is 7.81. The van der Waals surface area contributed by atoms with Crippen molar-refractivity contribution >= 4 is 28.8 Å². The number of rotatable bonds is 4. The Labute approximate surface area is 169 Å². The maximum atomic E-state index is 13.6. The molecule has 1 aliphatic carbocycles. The summed E-state index contributed by atoms with van der Waals surface area (Å²) < 4.78 is 5.54. The molecule has 6 nitrogen and oxygen atoms in total. The lowest BCUT2D eigenvalue weighted by Gasteiger charge is -2.41. The lowest BCUT2D eigenvalue weighted by Crippen LogP contribution is -2.58. The fraction of sp³-hybridized carbons (Fsp3) is 0.571. The van der Waals surface area contributed by atoms with Crippen molar-refractivity contribution in [3.63, 3.8) is 0 Å². The predicted octanol–water partition coefficient (Wildman–Crippen LogP) is 2.86. The Hall–Kier alpha value is -1.86. The van der Waals surface area contributed by atoms with E-state index in [2.05, 4.69) is 5.32 Å². The van der Waals surface area contributed by atoms with Gasteiger partial charge in [0.15, 0.2) is 0 Å². The first-order valence-electron chi connectivity index (χ1n) is 10.0. The first-order chi connectivity index (χ1) is 13.6. The van der Waals surface area contributed by atoms with E-state index in [1.54, 1.807) is 0 Å². The van der Waals surface area contributed by atoms with Crippen molar-refractivity contribution in [2.24, 2.45) is 0 Å². The zero-order valence-corrected chi connectivity index (χ0v) is 16.7. The molecule has 150 valence electrons. The van der Waals surface area contributed by atoms with Crippen molar-refractivity contribution < 1.29 is 19.1 Å². The van der Waals surface area contributed by atoms with E-state index in [1.165, 1.54) is 4.90 Å². The third kappa shape index (κ3) is 3.57. The summed E-state index contributed by atoms with van der Waals surface area (Å²) in [4.78, 5) is 39.4. The Balaban J connectivity index is 1.57. The van der Waals surface area contributed by atoms with Crippen molar-refractivity contribution in [3.8, 4) is 0 Å². The van der Waals surface area contributed by atoms with E-state index in [1.807, 2.05) is 30.3 Å². The molecule has 3 aliphatic rings. The van der Waals surface area contributed by atoms with Crippen LogP contribution in [0.2, 0.25) is 0 Å². The molecule has 0 unspecified atom stereocenters. The van der Waals surface area contributed by atoms with E-state index in [0.717, 1.165) is 43.0 Å². The Morgan fingerprint density at radius 2 is 1.82 bits per heavy atom. The number of nitrogens with one attached hydrogen (secondary N) is 1. The molecule has 0 spiro atoms. The number of ether oxygens (including phenoxy) is 1. The minimum absolute atomic E-state index is 0.00866. The summed E-state index contributed by atoms with van der Waals surface area (Å²) in [7, 11) is 0. The van der Waals surface area contributed by atoms with Gasteiger partial charge in [0.05, 0.1) is 17.2 Å². The third-order valence-corrected chi connectivity index (χ3v) is 7.10. The van der Waals surface area contributed by atoms with Crippen LogP contribution in [-0.2, 0) is 19.7 Å². The van der Waals surface area contributed by atoms with Gasteiger partial charge in [-0.3, -0.25) is 19.3 Å². The molecule has 7 heteroatoms. The predicted molar refractivity (Wildman–Crippen MR) is 107 cm³/mol. The first kappa shape index (κ1) is 19.5. The van der Waals surface area contributed by atoms with Crippen LogP contribution in [0.3, 0.4) is 0 Å². The molecule has 0 bridgehead atoms. The lowest BCUT2D eigenvalue weighted by molar-refractivity contribution is -0.134. The molecule has 2 aliphatic heterocycles. The van der Waals surface area contributed by atoms with Crippen molar-refractivity contribution in [1.29, 1.82) is 0 Å². The first-order valence-corrected chi connectivity index (χ1v) is 11.0. The minimum atomic E-state index is -0.616. The van der Waals surface area contributed by atoms with Crippen LogP contribution < -0.4 is 5.32 Å². The molecule has 3 amide bonds. The number of carbonyl (C=O) groups excluding carboxylic acids is 3. The van der Waals surface area contributed by atoms with Crippen molar-refractivity contribution in [3.05, 3.63) is 35.9 Å². The summed E-state index contributed by atoms with van der Waals surface area (Å²) in [5, 5.41) is 3.07. The van der Waals surface area contributed by atoms with E-state index in [9.17, 15) is 14.4 Å². The molecule has 2 saturated heterocycles. The van der Waals surface area contributed by atoms with Gasteiger partial charge in [-0.15, -0.1) is 0 Å². The second kappa shape index (κ2) is 8.25. The molecule has 0 aromatic heterocycles. The van der Waals surface area contributed by atoms with Crippen LogP contribution in [0.4, 0.5) is 4.79 Å². The Morgan fingerprint density at radius 1 is 1.11 bits per heavy atom. The van der Waals surface area contributed by atoms with Gasteiger partial charge in [0.25, 0.3) is 5.24 Å². The van der Waals surface area contributed by atoms with Crippen LogP contribution in [-0.4, -0.2) is 53.0 Å². The van der Waals surface area contributed by atoms with Crippen LogP contribution in [0.15, 0.2) is 30.3 Å². The Bertz CT molecular complexity index is 732. The number of nitrogens with zero attached hydrogens (tertiary/aromatic N) is 1. The zero-order chi connectivity index (χ0) is 19.6. The standard InChI is InChI=1S/C21H26N2O4S/c24-18-14-28-20(26)23(18)17-9-5-4-8-16(17)22-19(25)21(10-12-27-13-11-21)15-6-2-1-3-7-15/h1-3,6-7,16-17H,4-5,8-14H2,(H,22,25)/t16-,17+/m1/s1. The summed E-state index contributed by atoms with van der Waals surface area (Å²) in [6.45, 7) is 1.10. The van der Waals surface area contributed by atoms with Gasteiger partial charge in [-0.05, 0) is 31.2 Å². The molecule has 2 heterocycles. The summed E-state index contributed by atoms with van der Waals surface area (Å²) in [6.07, 6.45) is 4.78. The van der Waals surface area contributed by atoms with E-state index in [-0.39, 0.29) is 34.9 Å². The number of imide groups is 1. The van der Waals surface area contributed by atoms with Gasteiger partial charge in [0.2, 0.25) is 11.8 Å². The minimum Gasteiger partial charge on any atom is -0.381 e. The van der Waals surface area contributed by atoms with Crippen molar-refractivity contribution in [2.75, 3.05) is 19.0 Å². The highest BCUT2D eigenvalue weighted by atomic mass is 32.2.